The van der Waals surface area contributed by atoms with E-state index in [-0.39, 0.29) is 12.0 Å². The molecule has 1 unspecified atom stereocenters. The second kappa shape index (κ2) is 8.48. The fourth-order valence-electron chi connectivity index (χ4n) is 2.01. The van der Waals surface area contributed by atoms with E-state index < -0.39 is 0 Å². The van der Waals surface area contributed by atoms with Crippen LogP contribution in [0.2, 0.25) is 0 Å². The van der Waals surface area contributed by atoms with Crippen LogP contribution in [0.1, 0.15) is 34.1 Å². The molecule has 3 N–H and O–H groups in total. The van der Waals surface area contributed by atoms with E-state index in [1.807, 2.05) is 0 Å². The standard InChI is InChI=1S/C13H28N2O2/c1-9(2)12(10(3)4)8-15-13(16)6-11(7-14)17-5/h9-12H,6-8,14H2,1-5H3,(H,15,16). The van der Waals surface area contributed by atoms with Crippen LogP contribution in [0.3, 0.4) is 0 Å². The highest BCUT2D eigenvalue weighted by molar-refractivity contribution is 5.76. The molecule has 0 aromatic carbocycles. The van der Waals surface area contributed by atoms with Crippen molar-refractivity contribution >= 4 is 5.91 Å². The molecule has 0 spiro atoms. The third kappa shape index (κ3) is 6.64. The van der Waals surface area contributed by atoms with Crippen molar-refractivity contribution in [3.8, 4) is 0 Å². The normalized spacial score (nSPS) is 13.5. The molecule has 0 fully saturated rings. The average molecular weight is 244 g/mol. The molecule has 1 amide bonds. The molecule has 0 aromatic heterocycles. The Kier molecular flexibility index (Phi) is 8.17. The molecule has 0 aliphatic carbocycles. The lowest BCUT2D eigenvalue weighted by molar-refractivity contribution is -0.123. The second-order valence-corrected chi connectivity index (χ2v) is 5.25. The molecular weight excluding hydrogens is 216 g/mol. The van der Waals surface area contributed by atoms with Crippen molar-refractivity contribution in [2.75, 3.05) is 20.2 Å². The van der Waals surface area contributed by atoms with Crippen molar-refractivity contribution in [2.24, 2.45) is 23.5 Å². The van der Waals surface area contributed by atoms with Gasteiger partial charge in [0.25, 0.3) is 0 Å². The van der Waals surface area contributed by atoms with Crippen molar-refractivity contribution in [3.63, 3.8) is 0 Å². The Balaban J connectivity index is 4.04. The van der Waals surface area contributed by atoms with Gasteiger partial charge in [-0.25, -0.2) is 0 Å². The summed E-state index contributed by atoms with van der Waals surface area (Å²) in [6.45, 7) is 9.86. The van der Waals surface area contributed by atoms with Crippen LogP contribution in [-0.2, 0) is 9.53 Å². The lowest BCUT2D eigenvalue weighted by atomic mass is 9.85. The second-order valence-electron chi connectivity index (χ2n) is 5.25. The van der Waals surface area contributed by atoms with Gasteiger partial charge >= 0.3 is 0 Å². The Morgan fingerprint density at radius 3 is 2.12 bits per heavy atom. The molecule has 4 heteroatoms. The van der Waals surface area contributed by atoms with Crippen molar-refractivity contribution in [3.05, 3.63) is 0 Å². The number of nitrogens with two attached hydrogens (primary N) is 1. The summed E-state index contributed by atoms with van der Waals surface area (Å²) >= 11 is 0. The van der Waals surface area contributed by atoms with E-state index in [2.05, 4.69) is 33.0 Å². The lowest BCUT2D eigenvalue weighted by Gasteiger charge is -2.25. The molecule has 4 nitrogen and oxygen atoms in total. The third-order valence-corrected chi connectivity index (χ3v) is 3.26. The Labute approximate surface area is 105 Å². The molecule has 0 radical (unpaired) electrons. The predicted molar refractivity (Wildman–Crippen MR) is 70.6 cm³/mol. The van der Waals surface area contributed by atoms with Crippen molar-refractivity contribution in [1.29, 1.82) is 0 Å². The van der Waals surface area contributed by atoms with Crippen LogP contribution in [0.15, 0.2) is 0 Å². The van der Waals surface area contributed by atoms with Crippen LogP contribution >= 0.6 is 0 Å². The average Bonchev–Trinajstić information content (AvgIpc) is 2.25. The summed E-state index contributed by atoms with van der Waals surface area (Å²) in [7, 11) is 1.58. The number of amides is 1. The Morgan fingerprint density at radius 1 is 1.24 bits per heavy atom. The zero-order valence-corrected chi connectivity index (χ0v) is 11.8. The number of carbonyl (C=O) groups excluding carboxylic acids is 1. The summed E-state index contributed by atoms with van der Waals surface area (Å²) in [5.74, 6) is 1.68. The first-order chi connectivity index (χ1) is 7.92. The highest BCUT2D eigenvalue weighted by Crippen LogP contribution is 2.19. The van der Waals surface area contributed by atoms with Gasteiger partial charge in [-0.05, 0) is 17.8 Å². The molecule has 1 atom stereocenters. The van der Waals surface area contributed by atoms with Crippen molar-refractivity contribution in [2.45, 2.75) is 40.2 Å². The van der Waals surface area contributed by atoms with Gasteiger partial charge in [-0.1, -0.05) is 27.7 Å². The zero-order chi connectivity index (χ0) is 13.4. The number of hydrogen-bond acceptors (Lipinski definition) is 3. The number of hydrogen-bond donors (Lipinski definition) is 2. The Bertz CT molecular complexity index is 205. The van der Waals surface area contributed by atoms with E-state index in [0.29, 0.717) is 30.7 Å². The van der Waals surface area contributed by atoms with Gasteiger partial charge < -0.3 is 15.8 Å². The summed E-state index contributed by atoms with van der Waals surface area (Å²) in [6, 6.07) is 0. The number of rotatable bonds is 8. The van der Waals surface area contributed by atoms with Crippen molar-refractivity contribution in [1.82, 2.24) is 5.32 Å². The molecule has 0 aliphatic rings. The monoisotopic (exact) mass is 244 g/mol. The van der Waals surface area contributed by atoms with E-state index in [1.54, 1.807) is 7.11 Å². The minimum absolute atomic E-state index is 0.0219. The molecule has 0 heterocycles. The van der Waals surface area contributed by atoms with Crippen LogP contribution in [0, 0.1) is 17.8 Å². The molecule has 0 saturated heterocycles. The predicted octanol–water partition coefficient (Wildman–Crippen LogP) is 1.39. The molecule has 102 valence electrons. The summed E-state index contributed by atoms with van der Waals surface area (Å²) in [4.78, 5) is 11.7. The van der Waals surface area contributed by atoms with E-state index in [9.17, 15) is 4.79 Å². The van der Waals surface area contributed by atoms with Crippen LogP contribution in [-0.4, -0.2) is 32.2 Å². The van der Waals surface area contributed by atoms with Gasteiger partial charge in [0, 0.05) is 20.2 Å². The molecule has 0 saturated carbocycles. The number of carbonyl (C=O) groups is 1. The quantitative estimate of drug-likeness (QED) is 0.678. The first-order valence-electron chi connectivity index (χ1n) is 6.41. The molecule has 0 bridgehead atoms. The summed E-state index contributed by atoms with van der Waals surface area (Å²) in [5, 5.41) is 2.97. The summed E-state index contributed by atoms with van der Waals surface area (Å²) in [6.07, 6.45) is 0.169. The molecule has 17 heavy (non-hydrogen) atoms. The number of methoxy groups -OCH3 is 1. The topological polar surface area (TPSA) is 64.3 Å². The summed E-state index contributed by atoms with van der Waals surface area (Å²) < 4.78 is 5.09. The highest BCUT2D eigenvalue weighted by Gasteiger charge is 2.19. The molecule has 0 rings (SSSR count). The maximum Gasteiger partial charge on any atom is 0.222 e. The molecular formula is C13H28N2O2. The first-order valence-corrected chi connectivity index (χ1v) is 6.41. The smallest absolute Gasteiger partial charge is 0.222 e. The SMILES string of the molecule is COC(CN)CC(=O)NCC(C(C)C)C(C)C. The van der Waals surface area contributed by atoms with Crippen LogP contribution in [0.4, 0.5) is 0 Å². The van der Waals surface area contributed by atoms with Gasteiger partial charge in [-0.15, -0.1) is 0 Å². The summed E-state index contributed by atoms with van der Waals surface area (Å²) in [5.41, 5.74) is 5.48. The molecule has 0 aromatic rings. The van der Waals surface area contributed by atoms with Gasteiger partial charge in [0.15, 0.2) is 0 Å². The first kappa shape index (κ1) is 16.4. The largest absolute Gasteiger partial charge is 0.380 e. The highest BCUT2D eigenvalue weighted by atomic mass is 16.5. The van der Waals surface area contributed by atoms with Gasteiger partial charge in [-0.3, -0.25) is 4.79 Å². The van der Waals surface area contributed by atoms with Gasteiger partial charge in [-0.2, -0.15) is 0 Å². The van der Waals surface area contributed by atoms with Gasteiger partial charge in [0.2, 0.25) is 5.91 Å². The van der Waals surface area contributed by atoms with Crippen LogP contribution in [0.25, 0.3) is 0 Å². The number of ether oxygens (including phenoxy) is 1. The minimum atomic E-state index is -0.174. The maximum atomic E-state index is 11.7. The maximum absolute atomic E-state index is 11.7. The van der Waals surface area contributed by atoms with Gasteiger partial charge in [0.1, 0.15) is 0 Å². The van der Waals surface area contributed by atoms with E-state index >= 15 is 0 Å². The lowest BCUT2D eigenvalue weighted by Crippen LogP contribution is -2.37. The van der Waals surface area contributed by atoms with E-state index in [0.717, 1.165) is 6.54 Å². The van der Waals surface area contributed by atoms with Crippen LogP contribution in [0.5, 0.6) is 0 Å². The Hall–Kier alpha value is -0.610. The van der Waals surface area contributed by atoms with Crippen molar-refractivity contribution < 1.29 is 9.53 Å². The minimum Gasteiger partial charge on any atom is -0.380 e. The third-order valence-electron chi connectivity index (χ3n) is 3.26. The van der Waals surface area contributed by atoms with E-state index in [4.69, 9.17) is 10.5 Å². The van der Waals surface area contributed by atoms with E-state index in [1.165, 1.54) is 0 Å². The number of nitrogens with one attached hydrogen (secondary N) is 1. The Morgan fingerprint density at radius 2 is 1.76 bits per heavy atom. The zero-order valence-electron chi connectivity index (χ0n) is 11.8. The molecule has 0 aliphatic heterocycles. The van der Waals surface area contributed by atoms with Gasteiger partial charge in [0.05, 0.1) is 12.5 Å². The fourth-order valence-corrected chi connectivity index (χ4v) is 2.01. The fraction of sp³-hybridized carbons (Fsp3) is 0.923. The van der Waals surface area contributed by atoms with Crippen LogP contribution < -0.4 is 11.1 Å².